The second kappa shape index (κ2) is 11.4. The summed E-state index contributed by atoms with van der Waals surface area (Å²) in [5.41, 5.74) is 5.26. The highest BCUT2D eigenvalue weighted by atomic mass is 16.5. The second-order valence-electron chi connectivity index (χ2n) is 9.56. The third-order valence-electron chi connectivity index (χ3n) is 6.50. The van der Waals surface area contributed by atoms with Crippen LogP contribution in [0.4, 0.5) is 0 Å². The first-order chi connectivity index (χ1) is 18.0. The van der Waals surface area contributed by atoms with Gasteiger partial charge in [0.2, 0.25) is 0 Å². The number of hydrogen-bond donors (Lipinski definition) is 0. The second-order valence-corrected chi connectivity index (χ2v) is 9.56. The lowest BCUT2D eigenvalue weighted by molar-refractivity contribution is 0.0727. The molecular weight excluding hydrogens is 464 g/mol. The molecule has 1 atom stereocenters. The van der Waals surface area contributed by atoms with E-state index in [2.05, 4.69) is 10.1 Å². The van der Waals surface area contributed by atoms with Gasteiger partial charge in [0.05, 0.1) is 36.8 Å². The maximum absolute atomic E-state index is 13.8. The zero-order valence-corrected chi connectivity index (χ0v) is 21.3. The number of pyridine rings is 1. The molecule has 7 heteroatoms. The molecule has 1 fully saturated rings. The van der Waals surface area contributed by atoms with E-state index in [1.807, 2.05) is 96.2 Å². The van der Waals surface area contributed by atoms with Crippen molar-refractivity contribution in [3.63, 3.8) is 0 Å². The van der Waals surface area contributed by atoms with E-state index in [0.717, 1.165) is 53.7 Å². The molecule has 1 saturated heterocycles. The minimum absolute atomic E-state index is 0.0662. The van der Waals surface area contributed by atoms with E-state index in [0.29, 0.717) is 31.2 Å². The van der Waals surface area contributed by atoms with E-state index in [9.17, 15) is 4.79 Å². The minimum atomic E-state index is -0.0662. The quantitative estimate of drug-likeness (QED) is 0.321. The molecular formula is C30H32N4O3. The molecule has 7 nitrogen and oxygen atoms in total. The number of benzene rings is 2. The normalized spacial score (nSPS) is 15.0. The number of aryl methyl sites for hydroxylation is 2. The molecule has 1 amide bonds. The molecule has 2 aromatic carbocycles. The van der Waals surface area contributed by atoms with Gasteiger partial charge in [-0.25, -0.2) is 4.68 Å². The fourth-order valence-corrected chi connectivity index (χ4v) is 4.61. The zero-order chi connectivity index (χ0) is 25.6. The number of amides is 1. The van der Waals surface area contributed by atoms with Gasteiger partial charge in [-0.3, -0.25) is 9.78 Å². The van der Waals surface area contributed by atoms with Crippen molar-refractivity contribution in [3.05, 3.63) is 107 Å². The highest BCUT2D eigenvalue weighted by Gasteiger charge is 2.20. The van der Waals surface area contributed by atoms with Crippen LogP contribution in [-0.4, -0.2) is 45.4 Å². The van der Waals surface area contributed by atoms with Crippen molar-refractivity contribution in [2.75, 3.05) is 19.8 Å². The Bertz CT molecular complexity index is 1350. The van der Waals surface area contributed by atoms with Gasteiger partial charge >= 0.3 is 0 Å². The molecule has 190 valence electrons. The molecule has 0 saturated carbocycles. The summed E-state index contributed by atoms with van der Waals surface area (Å²) < 4.78 is 13.4. The van der Waals surface area contributed by atoms with E-state index in [1.54, 1.807) is 6.20 Å². The van der Waals surface area contributed by atoms with Crippen molar-refractivity contribution in [3.8, 4) is 11.4 Å². The van der Waals surface area contributed by atoms with Crippen LogP contribution < -0.4 is 4.74 Å². The lowest BCUT2D eigenvalue weighted by atomic mass is 10.1. The summed E-state index contributed by atoms with van der Waals surface area (Å²) >= 11 is 0. The molecule has 3 heterocycles. The summed E-state index contributed by atoms with van der Waals surface area (Å²) in [4.78, 5) is 20.1. The first kappa shape index (κ1) is 24.7. The number of nitrogens with zero attached hydrogens (tertiary/aromatic N) is 4. The fourth-order valence-electron chi connectivity index (χ4n) is 4.61. The first-order valence-electron chi connectivity index (χ1n) is 12.7. The molecule has 1 unspecified atom stereocenters. The first-order valence-corrected chi connectivity index (χ1v) is 12.7. The summed E-state index contributed by atoms with van der Waals surface area (Å²) in [5.74, 6) is 1.17. The average Bonchev–Trinajstić information content (AvgIpc) is 3.56. The summed E-state index contributed by atoms with van der Waals surface area (Å²) in [6.45, 7) is 7.00. The SMILES string of the molecule is Cc1cc(C)n(-c2cccc(C(=O)N(Cc3cccc(OCC4CCOC4)c3)Cc3ccccn3)c2)n1. The van der Waals surface area contributed by atoms with Gasteiger partial charge in [0.25, 0.3) is 5.91 Å². The summed E-state index contributed by atoms with van der Waals surface area (Å²) in [6.07, 6.45) is 2.78. The van der Waals surface area contributed by atoms with Crippen LogP contribution in [0.3, 0.4) is 0 Å². The summed E-state index contributed by atoms with van der Waals surface area (Å²) in [5, 5.41) is 4.58. The van der Waals surface area contributed by atoms with Crippen LogP contribution in [0, 0.1) is 19.8 Å². The van der Waals surface area contributed by atoms with Crippen molar-refractivity contribution >= 4 is 5.91 Å². The van der Waals surface area contributed by atoms with Gasteiger partial charge in [0, 0.05) is 36.5 Å². The Morgan fingerprint density at radius 3 is 2.70 bits per heavy atom. The molecule has 0 aliphatic carbocycles. The zero-order valence-electron chi connectivity index (χ0n) is 21.3. The predicted octanol–water partition coefficient (Wildman–Crippen LogP) is 5.14. The van der Waals surface area contributed by atoms with Gasteiger partial charge in [0.1, 0.15) is 5.75 Å². The molecule has 2 aromatic heterocycles. The third-order valence-corrected chi connectivity index (χ3v) is 6.50. The molecule has 37 heavy (non-hydrogen) atoms. The van der Waals surface area contributed by atoms with E-state index in [1.165, 1.54) is 0 Å². The van der Waals surface area contributed by atoms with Crippen LogP contribution in [0.5, 0.6) is 5.75 Å². The molecule has 0 spiro atoms. The van der Waals surface area contributed by atoms with Crippen LogP contribution in [0.25, 0.3) is 5.69 Å². The van der Waals surface area contributed by atoms with Crippen molar-refractivity contribution in [1.29, 1.82) is 0 Å². The molecule has 4 aromatic rings. The monoisotopic (exact) mass is 496 g/mol. The van der Waals surface area contributed by atoms with Gasteiger partial charge in [-0.15, -0.1) is 0 Å². The number of ether oxygens (including phenoxy) is 2. The van der Waals surface area contributed by atoms with Crippen molar-refractivity contribution < 1.29 is 14.3 Å². The number of aromatic nitrogens is 3. The Labute approximate surface area is 217 Å². The predicted molar refractivity (Wildman–Crippen MR) is 142 cm³/mol. The Morgan fingerprint density at radius 1 is 1.05 bits per heavy atom. The van der Waals surface area contributed by atoms with Crippen molar-refractivity contribution in [2.45, 2.75) is 33.4 Å². The molecule has 0 N–H and O–H groups in total. The van der Waals surface area contributed by atoms with E-state index < -0.39 is 0 Å². The number of rotatable bonds is 9. The number of carbonyl (C=O) groups is 1. The van der Waals surface area contributed by atoms with Gasteiger partial charge in [-0.1, -0.05) is 24.3 Å². The largest absolute Gasteiger partial charge is 0.493 e. The van der Waals surface area contributed by atoms with Crippen molar-refractivity contribution in [2.24, 2.45) is 5.92 Å². The standard InChI is InChI=1S/C30H32N4O3/c1-22-15-23(2)34(32-22)28-10-6-8-26(17-28)30(35)33(19-27-9-3-4-13-31-27)18-24-7-5-11-29(16-24)37-21-25-12-14-36-20-25/h3-11,13,15-17,25H,12,14,18-21H2,1-2H3. The van der Waals surface area contributed by atoms with E-state index >= 15 is 0 Å². The lowest BCUT2D eigenvalue weighted by Gasteiger charge is -2.23. The Balaban J connectivity index is 1.38. The maximum atomic E-state index is 13.8. The maximum Gasteiger partial charge on any atom is 0.254 e. The molecule has 1 aliphatic rings. The summed E-state index contributed by atoms with van der Waals surface area (Å²) in [7, 11) is 0. The Kier molecular flexibility index (Phi) is 7.61. The number of hydrogen-bond acceptors (Lipinski definition) is 5. The lowest BCUT2D eigenvalue weighted by Crippen LogP contribution is -2.30. The van der Waals surface area contributed by atoms with Gasteiger partial charge in [-0.2, -0.15) is 5.10 Å². The Morgan fingerprint density at radius 2 is 1.95 bits per heavy atom. The molecule has 0 bridgehead atoms. The topological polar surface area (TPSA) is 69.5 Å². The Hall–Kier alpha value is -3.97. The highest BCUT2D eigenvalue weighted by molar-refractivity contribution is 5.94. The van der Waals surface area contributed by atoms with Gasteiger partial charge in [0.15, 0.2) is 0 Å². The fraction of sp³-hybridized carbons (Fsp3) is 0.300. The van der Waals surface area contributed by atoms with Crippen LogP contribution in [-0.2, 0) is 17.8 Å². The van der Waals surface area contributed by atoms with Crippen LogP contribution in [0.2, 0.25) is 0 Å². The minimum Gasteiger partial charge on any atom is -0.493 e. The highest BCUT2D eigenvalue weighted by Crippen LogP contribution is 2.21. The molecule has 5 rings (SSSR count). The molecule has 0 radical (unpaired) electrons. The van der Waals surface area contributed by atoms with Crippen LogP contribution >= 0.6 is 0 Å². The average molecular weight is 497 g/mol. The third kappa shape index (κ3) is 6.24. The molecule has 1 aliphatic heterocycles. The number of carbonyl (C=O) groups excluding carboxylic acids is 1. The van der Waals surface area contributed by atoms with Crippen molar-refractivity contribution in [1.82, 2.24) is 19.7 Å². The van der Waals surface area contributed by atoms with E-state index in [4.69, 9.17) is 9.47 Å². The van der Waals surface area contributed by atoms with Crippen LogP contribution in [0.15, 0.2) is 79.0 Å². The van der Waals surface area contributed by atoms with E-state index in [-0.39, 0.29) is 5.91 Å². The summed E-state index contributed by atoms with van der Waals surface area (Å²) in [6, 6.07) is 23.4. The van der Waals surface area contributed by atoms with Crippen LogP contribution in [0.1, 0.15) is 39.4 Å². The smallest absolute Gasteiger partial charge is 0.254 e. The van der Waals surface area contributed by atoms with Gasteiger partial charge in [-0.05, 0) is 74.4 Å². The van der Waals surface area contributed by atoms with Gasteiger partial charge < -0.3 is 14.4 Å².